The van der Waals surface area contributed by atoms with Crippen LogP contribution in [0, 0.1) is 0 Å². The summed E-state index contributed by atoms with van der Waals surface area (Å²) in [5.74, 6) is 0. The van der Waals surface area contributed by atoms with Gasteiger partial charge in [0.05, 0.1) is 11.7 Å². The van der Waals surface area contributed by atoms with Crippen LogP contribution in [0.2, 0.25) is 30.8 Å². The van der Waals surface area contributed by atoms with Gasteiger partial charge in [0.25, 0.3) is 5.56 Å². The van der Waals surface area contributed by atoms with Crippen LogP contribution in [-0.4, -0.2) is 29.2 Å². The molecule has 2 heterocycles. The highest BCUT2D eigenvalue weighted by molar-refractivity contribution is 6.76. The second kappa shape index (κ2) is 5.48. The van der Waals surface area contributed by atoms with Crippen molar-refractivity contribution in [1.29, 1.82) is 0 Å². The van der Waals surface area contributed by atoms with Gasteiger partial charge in [-0.05, 0) is 12.1 Å². The average molecular weight is 300 g/mol. The van der Waals surface area contributed by atoms with Crippen molar-refractivity contribution in [2.45, 2.75) is 32.4 Å². The first-order valence-electron chi connectivity index (χ1n) is 6.19. The van der Waals surface area contributed by atoms with E-state index in [0.29, 0.717) is 29.5 Å². The van der Waals surface area contributed by atoms with Crippen molar-refractivity contribution >= 4 is 30.7 Å². The van der Waals surface area contributed by atoms with Crippen LogP contribution in [-0.2, 0) is 11.5 Å². The molecule has 5 nitrogen and oxygen atoms in total. The highest BCUT2D eigenvalue weighted by atomic mass is 35.5. The molecule has 0 aromatic carbocycles. The van der Waals surface area contributed by atoms with Gasteiger partial charge in [-0.15, -0.1) is 0 Å². The number of aromatic nitrogens is 3. The molecule has 0 aliphatic heterocycles. The number of halogens is 1. The largest absolute Gasteiger partial charge is 0.361 e. The molecule has 2 aromatic heterocycles. The predicted molar refractivity (Wildman–Crippen MR) is 79.5 cm³/mol. The second-order valence-corrected chi connectivity index (χ2v) is 11.7. The Balaban J connectivity index is 2.11. The maximum absolute atomic E-state index is 11.6. The first-order chi connectivity index (χ1) is 8.88. The summed E-state index contributed by atoms with van der Waals surface area (Å²) in [5.41, 5.74) is 0.370. The van der Waals surface area contributed by atoms with Crippen molar-refractivity contribution < 1.29 is 4.74 Å². The van der Waals surface area contributed by atoms with Crippen molar-refractivity contribution in [1.82, 2.24) is 14.5 Å². The van der Waals surface area contributed by atoms with Crippen molar-refractivity contribution in [2.75, 3.05) is 6.61 Å². The summed E-state index contributed by atoms with van der Waals surface area (Å²) in [6.45, 7) is 7.93. The molecule has 7 heteroatoms. The number of aromatic amines is 1. The molecule has 0 atom stereocenters. The highest BCUT2D eigenvalue weighted by Gasteiger charge is 2.14. The molecule has 0 unspecified atom stereocenters. The van der Waals surface area contributed by atoms with E-state index in [-0.39, 0.29) is 5.56 Å². The van der Waals surface area contributed by atoms with E-state index in [9.17, 15) is 4.79 Å². The summed E-state index contributed by atoms with van der Waals surface area (Å²) < 4.78 is 7.35. The summed E-state index contributed by atoms with van der Waals surface area (Å²) in [6.07, 6.45) is 1.37. The summed E-state index contributed by atoms with van der Waals surface area (Å²) >= 11 is 6.11. The van der Waals surface area contributed by atoms with Gasteiger partial charge >= 0.3 is 0 Å². The van der Waals surface area contributed by atoms with Crippen LogP contribution in [0.5, 0.6) is 0 Å². The zero-order valence-electron chi connectivity index (χ0n) is 11.4. The van der Waals surface area contributed by atoms with E-state index < -0.39 is 8.07 Å². The Labute approximate surface area is 117 Å². The number of ether oxygens (including phenoxy) is 1. The van der Waals surface area contributed by atoms with Crippen molar-refractivity contribution in [2.24, 2.45) is 0 Å². The van der Waals surface area contributed by atoms with Crippen LogP contribution >= 0.6 is 11.6 Å². The average Bonchev–Trinajstić information content (AvgIpc) is 2.62. The van der Waals surface area contributed by atoms with Gasteiger partial charge in [0.1, 0.15) is 17.5 Å². The van der Waals surface area contributed by atoms with Crippen LogP contribution in [0.3, 0.4) is 0 Å². The Kier molecular flexibility index (Phi) is 4.12. The van der Waals surface area contributed by atoms with E-state index in [1.165, 1.54) is 6.33 Å². The standard InChI is InChI=1S/C12H18ClN3O2Si/c1-19(2,3)5-4-18-8-16-10(13)6-9-11(16)14-7-15-12(9)17/h6-7H,4-5,8H2,1-3H3,(H,14,15,17). The molecule has 0 spiro atoms. The first kappa shape index (κ1) is 14.3. The zero-order chi connectivity index (χ0) is 14.0. The molecule has 0 saturated heterocycles. The van der Waals surface area contributed by atoms with Gasteiger partial charge in [0.2, 0.25) is 0 Å². The number of hydrogen-bond acceptors (Lipinski definition) is 3. The first-order valence-corrected chi connectivity index (χ1v) is 10.3. The van der Waals surface area contributed by atoms with E-state index in [1.54, 1.807) is 10.6 Å². The minimum atomic E-state index is -1.09. The lowest BCUT2D eigenvalue weighted by molar-refractivity contribution is 0.0900. The number of nitrogens with one attached hydrogen (secondary N) is 1. The van der Waals surface area contributed by atoms with Gasteiger partial charge in [-0.1, -0.05) is 31.2 Å². The molecule has 0 bridgehead atoms. The van der Waals surface area contributed by atoms with Gasteiger partial charge in [-0.25, -0.2) is 4.98 Å². The Hall–Kier alpha value is -1.11. The molecule has 104 valence electrons. The third-order valence-electron chi connectivity index (χ3n) is 2.86. The maximum Gasteiger partial charge on any atom is 0.260 e. The molecule has 2 rings (SSSR count). The fourth-order valence-electron chi connectivity index (χ4n) is 1.70. The van der Waals surface area contributed by atoms with E-state index in [0.717, 1.165) is 6.04 Å². The van der Waals surface area contributed by atoms with Gasteiger partial charge < -0.3 is 9.72 Å². The molecule has 19 heavy (non-hydrogen) atoms. The number of fused-ring (bicyclic) bond motifs is 1. The molecule has 1 N–H and O–H groups in total. The Bertz CT molecular complexity index is 630. The molecule has 0 aliphatic rings. The smallest absolute Gasteiger partial charge is 0.260 e. The Morgan fingerprint density at radius 3 is 2.89 bits per heavy atom. The fraction of sp³-hybridized carbons (Fsp3) is 0.500. The SMILES string of the molecule is C[Si](C)(C)CCOCn1c(Cl)cc2c(=O)[nH]cnc21. The molecular formula is C12H18ClN3O2Si. The van der Waals surface area contributed by atoms with Crippen molar-refractivity contribution in [3.8, 4) is 0 Å². The molecule has 0 saturated carbocycles. The van der Waals surface area contributed by atoms with Crippen LogP contribution in [0.15, 0.2) is 17.2 Å². The van der Waals surface area contributed by atoms with Crippen molar-refractivity contribution in [3.05, 3.63) is 27.9 Å². The van der Waals surface area contributed by atoms with Gasteiger partial charge in [-0.2, -0.15) is 0 Å². The quantitative estimate of drug-likeness (QED) is 0.682. The summed E-state index contributed by atoms with van der Waals surface area (Å²) in [6, 6.07) is 2.71. The minimum Gasteiger partial charge on any atom is -0.361 e. The van der Waals surface area contributed by atoms with Gasteiger partial charge in [0, 0.05) is 14.7 Å². The normalized spacial score (nSPS) is 12.2. The Morgan fingerprint density at radius 2 is 2.21 bits per heavy atom. The summed E-state index contributed by atoms with van der Waals surface area (Å²) in [5, 5.41) is 0.952. The van der Waals surface area contributed by atoms with Gasteiger partial charge in [0.15, 0.2) is 0 Å². The summed E-state index contributed by atoms with van der Waals surface area (Å²) in [7, 11) is -1.09. The lowest BCUT2D eigenvalue weighted by atomic mass is 10.4. The Morgan fingerprint density at radius 1 is 1.47 bits per heavy atom. The molecule has 0 amide bonds. The minimum absolute atomic E-state index is 0.187. The molecule has 2 aromatic rings. The lowest BCUT2D eigenvalue weighted by Gasteiger charge is -2.15. The number of hydrogen-bond donors (Lipinski definition) is 1. The fourth-order valence-corrected chi connectivity index (χ4v) is 2.70. The maximum atomic E-state index is 11.6. The summed E-state index contributed by atoms with van der Waals surface area (Å²) in [4.78, 5) is 18.3. The number of rotatable bonds is 5. The van der Waals surface area contributed by atoms with Crippen LogP contribution in [0.25, 0.3) is 11.0 Å². The van der Waals surface area contributed by atoms with E-state index in [2.05, 4.69) is 29.6 Å². The van der Waals surface area contributed by atoms with Crippen LogP contribution in [0.1, 0.15) is 0 Å². The third-order valence-corrected chi connectivity index (χ3v) is 4.88. The van der Waals surface area contributed by atoms with E-state index in [1.807, 2.05) is 0 Å². The van der Waals surface area contributed by atoms with Crippen LogP contribution < -0.4 is 5.56 Å². The molecule has 0 aliphatic carbocycles. The highest BCUT2D eigenvalue weighted by Crippen LogP contribution is 2.19. The number of nitrogens with zero attached hydrogens (tertiary/aromatic N) is 2. The topological polar surface area (TPSA) is 59.9 Å². The van der Waals surface area contributed by atoms with Gasteiger partial charge in [-0.3, -0.25) is 9.36 Å². The van der Waals surface area contributed by atoms with E-state index in [4.69, 9.17) is 16.3 Å². The third kappa shape index (κ3) is 3.46. The molecule has 0 fully saturated rings. The second-order valence-electron chi connectivity index (χ2n) is 5.71. The lowest BCUT2D eigenvalue weighted by Crippen LogP contribution is -2.22. The van der Waals surface area contributed by atoms with E-state index >= 15 is 0 Å². The number of H-pyrrole nitrogens is 1. The monoisotopic (exact) mass is 299 g/mol. The molecule has 0 radical (unpaired) electrons. The predicted octanol–water partition coefficient (Wildman–Crippen LogP) is 2.69. The van der Waals surface area contributed by atoms with Crippen LogP contribution in [0.4, 0.5) is 0 Å². The van der Waals surface area contributed by atoms with Crippen molar-refractivity contribution in [3.63, 3.8) is 0 Å². The zero-order valence-corrected chi connectivity index (χ0v) is 13.1. The molecular weight excluding hydrogens is 282 g/mol.